The van der Waals surface area contributed by atoms with E-state index in [1.165, 1.54) is 0 Å². The highest BCUT2D eigenvalue weighted by molar-refractivity contribution is 5.94. The van der Waals surface area contributed by atoms with Crippen LogP contribution in [0, 0.1) is 6.92 Å². The summed E-state index contributed by atoms with van der Waals surface area (Å²) >= 11 is 0. The van der Waals surface area contributed by atoms with Gasteiger partial charge in [0.25, 0.3) is 5.91 Å². The molecule has 1 aliphatic rings. The molecule has 3 heterocycles. The van der Waals surface area contributed by atoms with Crippen molar-refractivity contribution < 1.29 is 4.79 Å². The monoisotopic (exact) mass is 348 g/mol. The summed E-state index contributed by atoms with van der Waals surface area (Å²) in [5.74, 6) is 0.760. The lowest BCUT2D eigenvalue weighted by molar-refractivity contribution is 0.0611. The zero-order valence-corrected chi connectivity index (χ0v) is 14.6. The second-order valence-corrected chi connectivity index (χ2v) is 6.48. The zero-order chi connectivity index (χ0) is 17.9. The molecule has 0 radical (unpaired) electrons. The van der Waals surface area contributed by atoms with Gasteiger partial charge in [-0.05, 0) is 72.5 Å². The fourth-order valence-electron chi connectivity index (χ4n) is 3.48. The molecule has 7 nitrogen and oxygen atoms in total. The number of amides is 1. The second-order valence-electron chi connectivity index (χ2n) is 6.48. The van der Waals surface area contributed by atoms with Gasteiger partial charge in [-0.3, -0.25) is 9.78 Å². The number of aromatic nitrogens is 5. The van der Waals surface area contributed by atoms with E-state index in [-0.39, 0.29) is 11.9 Å². The van der Waals surface area contributed by atoms with Crippen LogP contribution in [0.3, 0.4) is 0 Å². The molecule has 26 heavy (non-hydrogen) atoms. The van der Waals surface area contributed by atoms with Crippen molar-refractivity contribution in [1.82, 2.24) is 30.1 Å². The van der Waals surface area contributed by atoms with Gasteiger partial charge in [-0.15, -0.1) is 5.10 Å². The quantitative estimate of drug-likeness (QED) is 0.727. The Labute approximate surface area is 151 Å². The van der Waals surface area contributed by atoms with Gasteiger partial charge in [-0.1, -0.05) is 6.07 Å². The maximum Gasteiger partial charge on any atom is 0.254 e. The Morgan fingerprint density at radius 3 is 2.69 bits per heavy atom. The van der Waals surface area contributed by atoms with Crippen LogP contribution in [0.2, 0.25) is 0 Å². The third kappa shape index (κ3) is 3.08. The van der Waals surface area contributed by atoms with Gasteiger partial charge in [-0.25, -0.2) is 0 Å². The number of tetrazole rings is 1. The molecule has 0 bridgehead atoms. The maximum absolute atomic E-state index is 13.1. The number of nitrogens with zero attached hydrogens (tertiary/aromatic N) is 6. The number of rotatable bonds is 3. The maximum atomic E-state index is 13.1. The molecule has 1 aliphatic heterocycles. The Morgan fingerprint density at radius 1 is 1.15 bits per heavy atom. The summed E-state index contributed by atoms with van der Waals surface area (Å²) in [6.07, 6.45) is 6.75. The van der Waals surface area contributed by atoms with Gasteiger partial charge in [0.1, 0.15) is 0 Å². The lowest BCUT2D eigenvalue weighted by Gasteiger charge is -2.36. The SMILES string of the molecule is Cc1nnnn1-c1ccc(C(=O)N2CCCC[C@@H]2c2cccnc2)cc1. The topological polar surface area (TPSA) is 76.8 Å². The molecular formula is C19H20N6O. The molecule has 132 valence electrons. The van der Waals surface area contributed by atoms with Gasteiger partial charge < -0.3 is 4.90 Å². The summed E-state index contributed by atoms with van der Waals surface area (Å²) in [5.41, 5.74) is 2.61. The van der Waals surface area contributed by atoms with Crippen LogP contribution in [0.25, 0.3) is 5.69 Å². The first-order valence-corrected chi connectivity index (χ1v) is 8.80. The Balaban J connectivity index is 1.58. The summed E-state index contributed by atoms with van der Waals surface area (Å²) in [5, 5.41) is 11.5. The predicted molar refractivity (Wildman–Crippen MR) is 95.8 cm³/mol. The number of hydrogen-bond donors (Lipinski definition) is 0. The summed E-state index contributed by atoms with van der Waals surface area (Å²) < 4.78 is 1.65. The molecule has 3 aromatic rings. The van der Waals surface area contributed by atoms with E-state index in [1.807, 2.05) is 54.4 Å². The molecule has 4 rings (SSSR count). The van der Waals surface area contributed by atoms with Gasteiger partial charge in [-0.2, -0.15) is 4.68 Å². The summed E-state index contributed by atoms with van der Waals surface area (Å²) in [6.45, 7) is 2.61. The largest absolute Gasteiger partial charge is 0.332 e. The number of pyridine rings is 1. The van der Waals surface area contributed by atoms with Crippen LogP contribution in [0.15, 0.2) is 48.8 Å². The van der Waals surface area contributed by atoms with E-state index in [1.54, 1.807) is 10.9 Å². The third-order valence-electron chi connectivity index (χ3n) is 4.82. The van der Waals surface area contributed by atoms with Gasteiger partial charge in [0.05, 0.1) is 11.7 Å². The fraction of sp³-hybridized carbons (Fsp3) is 0.316. The number of carbonyl (C=O) groups excluding carboxylic acids is 1. The Kier molecular flexibility index (Phi) is 4.43. The van der Waals surface area contributed by atoms with Crippen LogP contribution in [-0.2, 0) is 0 Å². The average molecular weight is 348 g/mol. The highest BCUT2D eigenvalue weighted by atomic mass is 16.2. The molecule has 1 amide bonds. The summed E-state index contributed by atoms with van der Waals surface area (Å²) in [7, 11) is 0. The highest BCUT2D eigenvalue weighted by Crippen LogP contribution is 2.31. The molecule has 2 aromatic heterocycles. The Bertz CT molecular complexity index is 890. The van der Waals surface area contributed by atoms with Crippen LogP contribution >= 0.6 is 0 Å². The smallest absolute Gasteiger partial charge is 0.254 e. The van der Waals surface area contributed by atoms with Crippen molar-refractivity contribution >= 4 is 5.91 Å². The van der Waals surface area contributed by atoms with Gasteiger partial charge in [0.15, 0.2) is 5.82 Å². The molecule has 0 spiro atoms. The van der Waals surface area contributed by atoms with E-state index in [9.17, 15) is 4.79 Å². The molecule has 1 aromatic carbocycles. The van der Waals surface area contributed by atoms with Crippen molar-refractivity contribution in [3.63, 3.8) is 0 Å². The average Bonchev–Trinajstić information content (AvgIpc) is 3.14. The van der Waals surface area contributed by atoms with E-state index in [4.69, 9.17) is 0 Å². The van der Waals surface area contributed by atoms with Gasteiger partial charge >= 0.3 is 0 Å². The van der Waals surface area contributed by atoms with Crippen molar-refractivity contribution in [2.45, 2.75) is 32.2 Å². The normalized spacial score (nSPS) is 17.3. The minimum Gasteiger partial charge on any atom is -0.332 e. The minimum atomic E-state index is 0.0542. The second kappa shape index (κ2) is 7.03. The predicted octanol–water partition coefficient (Wildman–Crippen LogP) is 2.73. The zero-order valence-electron chi connectivity index (χ0n) is 14.6. The summed E-state index contributed by atoms with van der Waals surface area (Å²) in [6, 6.07) is 11.5. The molecular weight excluding hydrogens is 328 g/mol. The first-order chi connectivity index (χ1) is 12.7. The molecule has 1 saturated heterocycles. The third-order valence-corrected chi connectivity index (χ3v) is 4.82. The number of hydrogen-bond acceptors (Lipinski definition) is 5. The summed E-state index contributed by atoms with van der Waals surface area (Å²) in [4.78, 5) is 19.3. The molecule has 0 aliphatic carbocycles. The van der Waals surface area contributed by atoms with E-state index in [2.05, 4.69) is 20.5 Å². The van der Waals surface area contributed by atoms with Crippen molar-refractivity contribution in [3.8, 4) is 5.69 Å². The van der Waals surface area contributed by atoms with Crippen LogP contribution in [0.4, 0.5) is 0 Å². The van der Waals surface area contributed by atoms with E-state index >= 15 is 0 Å². The number of aryl methyl sites for hydroxylation is 1. The van der Waals surface area contributed by atoms with Crippen LogP contribution in [-0.4, -0.2) is 42.5 Å². The Morgan fingerprint density at radius 2 is 2.00 bits per heavy atom. The van der Waals surface area contributed by atoms with Gasteiger partial charge in [0.2, 0.25) is 0 Å². The van der Waals surface area contributed by atoms with Crippen molar-refractivity contribution in [3.05, 3.63) is 65.7 Å². The van der Waals surface area contributed by atoms with E-state index < -0.39 is 0 Å². The van der Waals surface area contributed by atoms with Crippen LogP contribution < -0.4 is 0 Å². The molecule has 0 unspecified atom stereocenters. The van der Waals surface area contributed by atoms with Crippen molar-refractivity contribution in [1.29, 1.82) is 0 Å². The number of piperidine rings is 1. The first kappa shape index (κ1) is 16.4. The number of carbonyl (C=O) groups is 1. The molecule has 1 fully saturated rings. The molecule has 7 heteroatoms. The first-order valence-electron chi connectivity index (χ1n) is 8.80. The highest BCUT2D eigenvalue weighted by Gasteiger charge is 2.28. The lowest BCUT2D eigenvalue weighted by Crippen LogP contribution is -2.38. The standard InChI is InChI=1S/C19H20N6O/c1-14-21-22-23-25(14)17-9-7-15(8-10-17)19(26)24-12-3-2-6-18(24)16-5-4-11-20-13-16/h4-5,7-11,13,18H,2-3,6,12H2,1H3/t18-/m1/s1. The molecule has 0 saturated carbocycles. The van der Waals surface area contributed by atoms with Crippen LogP contribution in [0.1, 0.15) is 47.1 Å². The molecule has 0 N–H and O–H groups in total. The Hall–Kier alpha value is -3.09. The lowest BCUT2D eigenvalue weighted by atomic mass is 9.95. The molecule has 1 atom stereocenters. The van der Waals surface area contributed by atoms with Crippen LogP contribution in [0.5, 0.6) is 0 Å². The number of benzene rings is 1. The van der Waals surface area contributed by atoms with E-state index in [0.717, 1.165) is 37.1 Å². The van der Waals surface area contributed by atoms with Crippen molar-refractivity contribution in [2.75, 3.05) is 6.54 Å². The fourth-order valence-corrected chi connectivity index (χ4v) is 3.48. The number of likely N-dealkylation sites (tertiary alicyclic amines) is 1. The van der Waals surface area contributed by atoms with E-state index in [0.29, 0.717) is 11.4 Å². The minimum absolute atomic E-state index is 0.0542. The van der Waals surface area contributed by atoms with Crippen molar-refractivity contribution in [2.24, 2.45) is 0 Å². The van der Waals surface area contributed by atoms with Gasteiger partial charge in [0, 0.05) is 24.5 Å².